The van der Waals surface area contributed by atoms with Crippen molar-refractivity contribution in [2.75, 3.05) is 5.32 Å². The fourth-order valence-corrected chi connectivity index (χ4v) is 3.38. The van der Waals surface area contributed by atoms with E-state index in [0.717, 1.165) is 26.2 Å². The van der Waals surface area contributed by atoms with Gasteiger partial charge in [-0.15, -0.1) is 11.3 Å². The van der Waals surface area contributed by atoms with Gasteiger partial charge in [-0.2, -0.15) is 0 Å². The molecule has 0 radical (unpaired) electrons. The number of fused-ring (bicyclic) bond motifs is 1. The van der Waals surface area contributed by atoms with Crippen LogP contribution in [-0.4, -0.2) is 11.0 Å². The maximum Gasteiger partial charge on any atom is 0.319 e. The van der Waals surface area contributed by atoms with Crippen LogP contribution in [0.25, 0.3) is 10.1 Å². The van der Waals surface area contributed by atoms with Gasteiger partial charge in [0.15, 0.2) is 0 Å². The van der Waals surface area contributed by atoms with Crippen LogP contribution in [0.4, 0.5) is 10.5 Å². The van der Waals surface area contributed by atoms with Gasteiger partial charge in [0, 0.05) is 29.2 Å². The van der Waals surface area contributed by atoms with E-state index in [9.17, 15) is 4.79 Å². The van der Waals surface area contributed by atoms with E-state index in [1.807, 2.05) is 44.3 Å². The molecule has 2 heterocycles. The number of aryl methyl sites for hydroxylation is 2. The van der Waals surface area contributed by atoms with Crippen molar-refractivity contribution in [3.8, 4) is 0 Å². The first-order valence-electron chi connectivity index (χ1n) is 7.07. The molecule has 0 saturated heterocycles. The summed E-state index contributed by atoms with van der Waals surface area (Å²) in [5.41, 5.74) is 3.14. The number of pyridine rings is 1. The van der Waals surface area contributed by atoms with Crippen LogP contribution in [0.2, 0.25) is 0 Å². The third kappa shape index (κ3) is 3.09. The Morgan fingerprint density at radius 2 is 2.14 bits per heavy atom. The number of anilines is 1. The van der Waals surface area contributed by atoms with Crippen molar-refractivity contribution < 1.29 is 4.79 Å². The Bertz CT molecular complexity index is 826. The van der Waals surface area contributed by atoms with Crippen LogP contribution in [-0.2, 0) is 6.54 Å². The molecule has 0 aliphatic rings. The van der Waals surface area contributed by atoms with Crippen LogP contribution in [0.5, 0.6) is 0 Å². The molecule has 2 N–H and O–H groups in total. The number of hydrogen-bond acceptors (Lipinski definition) is 3. The molecule has 0 bridgehead atoms. The summed E-state index contributed by atoms with van der Waals surface area (Å²) in [4.78, 5) is 17.3. The maximum absolute atomic E-state index is 12.1. The van der Waals surface area contributed by atoms with Crippen LogP contribution in [0.3, 0.4) is 0 Å². The Kier molecular flexibility index (Phi) is 4.06. The van der Waals surface area contributed by atoms with Gasteiger partial charge in [0.25, 0.3) is 0 Å². The molecule has 0 aliphatic carbocycles. The number of carbonyl (C=O) groups excluding carboxylic acids is 1. The number of carbonyl (C=O) groups is 1. The Morgan fingerprint density at radius 1 is 1.27 bits per heavy atom. The molecule has 0 spiro atoms. The quantitative estimate of drug-likeness (QED) is 0.760. The molecule has 3 rings (SSSR count). The van der Waals surface area contributed by atoms with Gasteiger partial charge in [-0.3, -0.25) is 4.98 Å². The second kappa shape index (κ2) is 6.15. The van der Waals surface area contributed by atoms with Crippen molar-refractivity contribution in [1.29, 1.82) is 0 Å². The molecule has 0 unspecified atom stereocenters. The van der Waals surface area contributed by atoms with Crippen LogP contribution in [0.1, 0.15) is 16.0 Å². The lowest BCUT2D eigenvalue weighted by molar-refractivity contribution is 0.252. The zero-order valence-corrected chi connectivity index (χ0v) is 13.3. The number of nitrogens with zero attached hydrogens (tertiary/aromatic N) is 1. The Balaban J connectivity index is 1.70. The summed E-state index contributed by atoms with van der Waals surface area (Å²) < 4.78 is 1.08. The third-order valence-corrected chi connectivity index (χ3v) is 4.50. The van der Waals surface area contributed by atoms with Gasteiger partial charge in [-0.25, -0.2) is 4.79 Å². The van der Waals surface area contributed by atoms with Crippen molar-refractivity contribution in [3.05, 3.63) is 58.7 Å². The molecule has 2 amide bonds. The zero-order chi connectivity index (χ0) is 15.5. The highest BCUT2D eigenvalue weighted by molar-refractivity contribution is 7.19. The Labute approximate surface area is 133 Å². The number of benzene rings is 1. The smallest absolute Gasteiger partial charge is 0.319 e. The summed E-state index contributed by atoms with van der Waals surface area (Å²) in [5.74, 6) is 0. The summed E-state index contributed by atoms with van der Waals surface area (Å²) >= 11 is 1.63. The van der Waals surface area contributed by atoms with E-state index in [4.69, 9.17) is 0 Å². The van der Waals surface area contributed by atoms with Crippen LogP contribution in [0.15, 0.2) is 42.7 Å². The molecule has 3 aromatic rings. The average Bonchev–Trinajstić information content (AvgIpc) is 2.81. The van der Waals surface area contributed by atoms with Gasteiger partial charge < -0.3 is 10.6 Å². The highest BCUT2D eigenvalue weighted by Gasteiger charge is 2.11. The average molecular weight is 311 g/mol. The van der Waals surface area contributed by atoms with Crippen molar-refractivity contribution in [3.63, 3.8) is 0 Å². The summed E-state index contributed by atoms with van der Waals surface area (Å²) in [6.07, 6.45) is 3.56. The summed E-state index contributed by atoms with van der Waals surface area (Å²) in [7, 11) is 0. The van der Waals surface area contributed by atoms with Gasteiger partial charge in [0.1, 0.15) is 0 Å². The summed E-state index contributed by atoms with van der Waals surface area (Å²) in [6.45, 7) is 4.55. The zero-order valence-electron chi connectivity index (χ0n) is 12.5. The number of rotatable bonds is 3. The van der Waals surface area contributed by atoms with Crippen molar-refractivity contribution in [2.24, 2.45) is 0 Å². The largest absolute Gasteiger partial charge is 0.334 e. The first-order valence-corrected chi connectivity index (χ1v) is 7.88. The minimum atomic E-state index is -0.193. The lowest BCUT2D eigenvalue weighted by Crippen LogP contribution is -2.28. The van der Waals surface area contributed by atoms with Crippen molar-refractivity contribution >= 4 is 33.1 Å². The van der Waals surface area contributed by atoms with E-state index in [2.05, 4.69) is 21.7 Å². The molecule has 1 aromatic carbocycles. The van der Waals surface area contributed by atoms with Gasteiger partial charge >= 0.3 is 6.03 Å². The summed E-state index contributed by atoms with van der Waals surface area (Å²) in [6, 6.07) is 9.84. The number of amides is 2. The SMILES string of the molecule is Cc1cccc(CNC(=O)Nc2c(C)sc3cnccc23)c1. The lowest BCUT2D eigenvalue weighted by Gasteiger charge is -2.08. The molecule has 4 nitrogen and oxygen atoms in total. The third-order valence-electron chi connectivity index (χ3n) is 3.44. The van der Waals surface area contributed by atoms with E-state index < -0.39 is 0 Å². The predicted molar refractivity (Wildman–Crippen MR) is 91.4 cm³/mol. The Morgan fingerprint density at radius 3 is 2.95 bits per heavy atom. The molecule has 22 heavy (non-hydrogen) atoms. The second-order valence-electron chi connectivity index (χ2n) is 5.20. The number of thiophene rings is 1. The van der Waals surface area contributed by atoms with E-state index in [1.54, 1.807) is 17.5 Å². The lowest BCUT2D eigenvalue weighted by atomic mass is 10.1. The molecular weight excluding hydrogens is 294 g/mol. The van der Waals surface area contributed by atoms with Crippen molar-refractivity contribution in [1.82, 2.24) is 10.3 Å². The molecule has 0 aliphatic heterocycles. The number of hydrogen-bond donors (Lipinski definition) is 2. The molecule has 5 heteroatoms. The molecule has 0 atom stereocenters. The number of aromatic nitrogens is 1. The topological polar surface area (TPSA) is 54.0 Å². The second-order valence-corrected chi connectivity index (χ2v) is 6.46. The Hall–Kier alpha value is -2.40. The van der Waals surface area contributed by atoms with Gasteiger partial charge in [-0.05, 0) is 25.5 Å². The van der Waals surface area contributed by atoms with Crippen LogP contribution >= 0.6 is 11.3 Å². The molecule has 0 fully saturated rings. The molecule has 112 valence electrons. The first-order chi connectivity index (χ1) is 10.6. The van der Waals surface area contributed by atoms with Crippen molar-refractivity contribution in [2.45, 2.75) is 20.4 Å². The highest BCUT2D eigenvalue weighted by Crippen LogP contribution is 2.34. The summed E-state index contributed by atoms with van der Waals surface area (Å²) in [5, 5.41) is 6.88. The fraction of sp³-hybridized carbons (Fsp3) is 0.176. The number of urea groups is 1. The van der Waals surface area contributed by atoms with Gasteiger partial charge in [-0.1, -0.05) is 29.8 Å². The van der Waals surface area contributed by atoms with E-state index in [-0.39, 0.29) is 6.03 Å². The number of nitrogens with one attached hydrogen (secondary N) is 2. The maximum atomic E-state index is 12.1. The highest BCUT2D eigenvalue weighted by atomic mass is 32.1. The minimum Gasteiger partial charge on any atom is -0.334 e. The van der Waals surface area contributed by atoms with Gasteiger partial charge in [0.2, 0.25) is 0 Å². The first kappa shape index (κ1) is 14.5. The molecular formula is C17H17N3OS. The van der Waals surface area contributed by atoms with Crippen LogP contribution in [0, 0.1) is 13.8 Å². The van der Waals surface area contributed by atoms with Gasteiger partial charge in [0.05, 0.1) is 10.4 Å². The molecule has 2 aromatic heterocycles. The fourth-order valence-electron chi connectivity index (χ4n) is 2.39. The standard InChI is InChI=1S/C17H17N3OS/c1-11-4-3-5-13(8-11)9-19-17(21)20-16-12(2)22-15-10-18-7-6-14(15)16/h3-8,10H,9H2,1-2H3,(H2,19,20,21). The minimum absolute atomic E-state index is 0.193. The van der Waals surface area contributed by atoms with E-state index >= 15 is 0 Å². The monoisotopic (exact) mass is 311 g/mol. The predicted octanol–water partition coefficient (Wildman–Crippen LogP) is 4.23. The van der Waals surface area contributed by atoms with Crippen LogP contribution < -0.4 is 10.6 Å². The normalized spacial score (nSPS) is 10.6. The van der Waals surface area contributed by atoms with E-state index in [1.165, 1.54) is 5.56 Å². The molecule has 0 saturated carbocycles. The van der Waals surface area contributed by atoms with E-state index in [0.29, 0.717) is 6.54 Å².